The summed E-state index contributed by atoms with van der Waals surface area (Å²) in [7, 11) is 1.57. The summed E-state index contributed by atoms with van der Waals surface area (Å²) in [5.41, 5.74) is 4.50. The lowest BCUT2D eigenvalue weighted by Crippen LogP contribution is -2.52. The topological polar surface area (TPSA) is 132 Å². The van der Waals surface area contributed by atoms with E-state index in [1.807, 2.05) is 0 Å². The molecule has 0 amide bonds. The van der Waals surface area contributed by atoms with Gasteiger partial charge >= 0.3 is 0 Å². The van der Waals surface area contributed by atoms with Crippen molar-refractivity contribution >= 4 is 55.6 Å². The summed E-state index contributed by atoms with van der Waals surface area (Å²) in [6, 6.07) is 8.18. The van der Waals surface area contributed by atoms with E-state index in [0.717, 1.165) is 75.3 Å². The monoisotopic (exact) mass is 704 g/mol. The van der Waals surface area contributed by atoms with E-state index in [-0.39, 0.29) is 17.5 Å². The molecule has 13 nitrogen and oxygen atoms in total. The molecular formula is C35H45FN10O3S. The van der Waals surface area contributed by atoms with Crippen LogP contribution in [0.3, 0.4) is 0 Å². The number of rotatable bonds is 11. The quantitative estimate of drug-likeness (QED) is 0.226. The third kappa shape index (κ3) is 7.39. The Balaban J connectivity index is 1.15. The van der Waals surface area contributed by atoms with E-state index in [2.05, 4.69) is 64.4 Å². The highest BCUT2D eigenvalue weighted by Gasteiger charge is 2.30. The highest BCUT2D eigenvalue weighted by molar-refractivity contribution is 7.92. The molecule has 50 heavy (non-hydrogen) atoms. The standard InChI is InChI=1S/C35H45FN10O3S/c1-43-15-17-45(18-16-43)25-9-13-46(14-10-25)30-21-31(49-3)29(20-24(30)19-23-5-6-23)41-35-39-22-26(36)34(42-35)40-28-8-7-27-32(38-12-11-37-27)33(28)44(2)50(4,47)48/h7-8,11-12,20-23,25H,5-6,9-10,13-19H2,1-4H3,(H2,39,40,41,42). The van der Waals surface area contributed by atoms with E-state index >= 15 is 4.39 Å². The number of nitrogens with one attached hydrogen (secondary N) is 2. The maximum Gasteiger partial charge on any atom is 0.232 e. The van der Waals surface area contributed by atoms with Crippen molar-refractivity contribution < 1.29 is 17.5 Å². The number of hydrogen-bond donors (Lipinski definition) is 2. The van der Waals surface area contributed by atoms with Gasteiger partial charge in [0.05, 0.1) is 36.5 Å². The number of piperazine rings is 1. The second-order valence-electron chi connectivity index (χ2n) is 13.6. The van der Waals surface area contributed by atoms with Gasteiger partial charge in [0.2, 0.25) is 16.0 Å². The molecule has 0 spiro atoms. The minimum absolute atomic E-state index is 0.133. The van der Waals surface area contributed by atoms with Crippen LogP contribution in [0, 0.1) is 11.7 Å². The summed E-state index contributed by atoms with van der Waals surface area (Å²) in [6.45, 7) is 6.54. The van der Waals surface area contributed by atoms with Gasteiger partial charge in [-0.2, -0.15) is 4.98 Å². The lowest BCUT2D eigenvalue weighted by atomic mass is 9.98. The molecule has 4 heterocycles. The third-order valence-electron chi connectivity index (χ3n) is 10.1. The Hall–Kier alpha value is -4.34. The van der Waals surface area contributed by atoms with Crippen LogP contribution in [0.1, 0.15) is 31.2 Å². The molecule has 3 fully saturated rings. The zero-order valence-corrected chi connectivity index (χ0v) is 29.9. The van der Waals surface area contributed by atoms with Gasteiger partial charge in [0.25, 0.3) is 0 Å². The molecule has 7 rings (SSSR count). The molecule has 0 bridgehead atoms. The Morgan fingerprint density at radius 1 is 0.960 bits per heavy atom. The van der Waals surface area contributed by atoms with Crippen LogP contribution >= 0.6 is 0 Å². The van der Waals surface area contributed by atoms with E-state index in [9.17, 15) is 8.42 Å². The number of hydrogen-bond acceptors (Lipinski definition) is 12. The highest BCUT2D eigenvalue weighted by Crippen LogP contribution is 2.42. The molecule has 2 N–H and O–H groups in total. The van der Waals surface area contributed by atoms with Gasteiger partial charge in [-0.05, 0) is 68.8 Å². The summed E-state index contributed by atoms with van der Waals surface area (Å²) in [5, 5.41) is 6.26. The third-order valence-corrected chi connectivity index (χ3v) is 11.3. The fourth-order valence-corrected chi connectivity index (χ4v) is 7.52. The Labute approximate surface area is 292 Å². The van der Waals surface area contributed by atoms with Crippen molar-refractivity contribution in [3.8, 4) is 5.75 Å². The molecule has 2 aromatic heterocycles. The predicted molar refractivity (Wildman–Crippen MR) is 195 cm³/mol. The van der Waals surface area contributed by atoms with Crippen LogP contribution in [-0.2, 0) is 16.4 Å². The summed E-state index contributed by atoms with van der Waals surface area (Å²) in [4.78, 5) is 24.9. The second kappa shape index (κ2) is 14.1. The van der Waals surface area contributed by atoms with Crippen LogP contribution in [0.5, 0.6) is 5.75 Å². The number of nitrogens with zero attached hydrogens (tertiary/aromatic N) is 8. The second-order valence-corrected chi connectivity index (χ2v) is 15.7. The first-order valence-corrected chi connectivity index (χ1v) is 19.0. The van der Waals surface area contributed by atoms with Crippen LogP contribution in [-0.4, -0.2) is 111 Å². The number of benzene rings is 2. The van der Waals surface area contributed by atoms with Gasteiger partial charge in [0.15, 0.2) is 11.6 Å². The van der Waals surface area contributed by atoms with Crippen molar-refractivity contribution in [2.45, 2.75) is 38.1 Å². The van der Waals surface area contributed by atoms with Crippen LogP contribution in [0.4, 0.5) is 38.9 Å². The number of piperidine rings is 1. The van der Waals surface area contributed by atoms with Gasteiger partial charge in [-0.1, -0.05) is 0 Å². The van der Waals surface area contributed by atoms with Crippen molar-refractivity contribution in [3.63, 3.8) is 0 Å². The van der Waals surface area contributed by atoms with Gasteiger partial charge in [0.1, 0.15) is 17.0 Å². The number of aromatic nitrogens is 4. The molecule has 2 aliphatic heterocycles. The maximum absolute atomic E-state index is 15.2. The molecule has 4 aromatic rings. The average molecular weight is 705 g/mol. The summed E-state index contributed by atoms with van der Waals surface area (Å²) in [5.74, 6) is 0.629. The van der Waals surface area contributed by atoms with Crippen LogP contribution in [0.25, 0.3) is 11.0 Å². The molecule has 3 aliphatic rings. The first-order chi connectivity index (χ1) is 24.1. The lowest BCUT2D eigenvalue weighted by Gasteiger charge is -2.43. The van der Waals surface area contributed by atoms with Crippen LogP contribution in [0.2, 0.25) is 0 Å². The van der Waals surface area contributed by atoms with Gasteiger partial charge in [-0.3, -0.25) is 19.2 Å². The van der Waals surface area contributed by atoms with Crippen molar-refractivity contribution in [1.82, 2.24) is 29.7 Å². The number of likely N-dealkylation sites (N-methyl/N-ethyl adjacent to an activating group) is 1. The summed E-state index contributed by atoms with van der Waals surface area (Å²) in [6.07, 6.45) is 10.9. The lowest BCUT2D eigenvalue weighted by molar-refractivity contribution is 0.0982. The Morgan fingerprint density at radius 3 is 2.40 bits per heavy atom. The van der Waals surface area contributed by atoms with E-state index in [4.69, 9.17) is 4.74 Å². The van der Waals surface area contributed by atoms with Crippen LogP contribution in [0.15, 0.2) is 42.9 Å². The minimum atomic E-state index is -3.69. The van der Waals surface area contributed by atoms with Crippen molar-refractivity contribution in [3.05, 3.63) is 54.2 Å². The Kier molecular flexibility index (Phi) is 9.63. The first kappa shape index (κ1) is 34.1. The largest absolute Gasteiger partial charge is 0.494 e. The Morgan fingerprint density at radius 2 is 1.70 bits per heavy atom. The predicted octanol–water partition coefficient (Wildman–Crippen LogP) is 4.62. The van der Waals surface area contributed by atoms with E-state index in [1.165, 1.54) is 43.5 Å². The molecule has 0 radical (unpaired) electrons. The number of methoxy groups -OCH3 is 1. The molecule has 2 aromatic carbocycles. The number of sulfonamides is 1. The molecule has 1 aliphatic carbocycles. The number of fused-ring (bicyclic) bond motifs is 1. The summed E-state index contributed by atoms with van der Waals surface area (Å²) < 4.78 is 47.4. The fraction of sp³-hybridized carbons (Fsp3) is 0.486. The molecule has 266 valence electrons. The van der Waals surface area contributed by atoms with Crippen molar-refractivity contribution in [2.75, 3.05) is 86.6 Å². The first-order valence-electron chi connectivity index (χ1n) is 17.2. The summed E-state index contributed by atoms with van der Waals surface area (Å²) >= 11 is 0. The zero-order chi connectivity index (χ0) is 35.0. The van der Waals surface area contributed by atoms with E-state index < -0.39 is 15.8 Å². The van der Waals surface area contributed by atoms with Crippen molar-refractivity contribution in [1.29, 1.82) is 0 Å². The van der Waals surface area contributed by atoms with Crippen molar-refractivity contribution in [2.24, 2.45) is 5.92 Å². The van der Waals surface area contributed by atoms with Gasteiger partial charge in [0, 0.05) is 76.5 Å². The number of halogens is 1. The molecular weight excluding hydrogens is 660 g/mol. The van der Waals surface area contributed by atoms with Gasteiger partial charge in [-0.15, -0.1) is 0 Å². The van der Waals surface area contributed by atoms with Crippen LogP contribution < -0.4 is 24.6 Å². The minimum Gasteiger partial charge on any atom is -0.494 e. The molecule has 0 unspecified atom stereocenters. The number of ether oxygens (including phenoxy) is 1. The average Bonchev–Trinajstić information content (AvgIpc) is 3.93. The highest BCUT2D eigenvalue weighted by atomic mass is 32.2. The zero-order valence-electron chi connectivity index (χ0n) is 29.1. The number of anilines is 6. The SMILES string of the molecule is COc1cc(N2CCC(N3CCN(C)CC3)CC2)c(CC2CC2)cc1Nc1ncc(F)c(Nc2ccc3nccnc3c2N(C)S(C)(=O)=O)n1. The fourth-order valence-electron chi connectivity index (χ4n) is 7.00. The maximum atomic E-state index is 15.2. The van der Waals surface area contributed by atoms with E-state index in [0.29, 0.717) is 40.1 Å². The molecule has 2 saturated heterocycles. The van der Waals surface area contributed by atoms with Gasteiger partial charge < -0.3 is 25.2 Å². The smallest absolute Gasteiger partial charge is 0.232 e. The Bertz CT molecular complexity index is 1960. The van der Waals surface area contributed by atoms with E-state index in [1.54, 1.807) is 19.2 Å². The normalized spacial score (nSPS) is 18.0. The molecule has 0 atom stereocenters. The molecule has 1 saturated carbocycles. The molecule has 15 heteroatoms. The van der Waals surface area contributed by atoms with Gasteiger partial charge in [-0.25, -0.2) is 17.8 Å².